The lowest BCUT2D eigenvalue weighted by molar-refractivity contribution is 0.635. The Balaban J connectivity index is 0.000000180. The first-order valence-electron chi connectivity index (χ1n) is 7.07. The topological polar surface area (TPSA) is 17.8 Å². The number of rotatable bonds is 2. The maximum atomic E-state index is 3.91. The zero-order valence-electron chi connectivity index (χ0n) is 12.4. The summed E-state index contributed by atoms with van der Waals surface area (Å²) in [5.41, 5.74) is 1.09. The van der Waals surface area contributed by atoms with Crippen molar-refractivity contribution in [2.24, 2.45) is 0 Å². The van der Waals surface area contributed by atoms with Crippen LogP contribution in [0.3, 0.4) is 0 Å². The molecule has 2 rings (SSSR count). The Labute approximate surface area is 113 Å². The van der Waals surface area contributed by atoms with Gasteiger partial charge in [0.05, 0.1) is 14.4 Å². The highest BCUT2D eigenvalue weighted by molar-refractivity contribution is 6.78. The Morgan fingerprint density at radius 1 is 1.44 bits per heavy atom. The van der Waals surface area contributed by atoms with Crippen LogP contribution in [0, 0.1) is 0 Å². The zero-order valence-corrected chi connectivity index (χ0v) is 13.4. The molecule has 0 bridgehead atoms. The van der Waals surface area contributed by atoms with Crippen LogP contribution in [0.4, 0.5) is 0 Å². The molecule has 1 aromatic heterocycles. The van der Waals surface area contributed by atoms with E-state index in [0.717, 1.165) is 5.54 Å². The van der Waals surface area contributed by atoms with Crippen molar-refractivity contribution in [3.8, 4) is 0 Å². The summed E-state index contributed by atoms with van der Waals surface area (Å²) in [6, 6.07) is 1.93. The number of hydrogen-bond donors (Lipinski definition) is 0. The zero-order chi connectivity index (χ0) is 13.6. The molecule has 0 aromatic carbocycles. The van der Waals surface area contributed by atoms with E-state index in [0.29, 0.717) is 6.04 Å². The monoisotopic (exact) mass is 264 g/mol. The van der Waals surface area contributed by atoms with Gasteiger partial charge in [-0.3, -0.25) is 0 Å². The Hall–Kier alpha value is -0.833. The summed E-state index contributed by atoms with van der Waals surface area (Å²) < 4.78 is 1.99. The van der Waals surface area contributed by atoms with Gasteiger partial charge in [0.2, 0.25) is 0 Å². The van der Waals surface area contributed by atoms with Crippen molar-refractivity contribution >= 4 is 8.07 Å². The molecule has 0 aliphatic carbocycles. The molecular weight excluding hydrogens is 236 g/mol. The molecule has 0 amide bonds. The molecule has 2 unspecified atom stereocenters. The summed E-state index contributed by atoms with van der Waals surface area (Å²) in [6.45, 7) is 13.3. The van der Waals surface area contributed by atoms with Crippen molar-refractivity contribution in [1.82, 2.24) is 9.55 Å². The molecule has 1 fully saturated rings. The fourth-order valence-electron chi connectivity index (χ4n) is 2.30. The molecule has 2 heterocycles. The van der Waals surface area contributed by atoms with Crippen molar-refractivity contribution in [1.29, 1.82) is 0 Å². The van der Waals surface area contributed by atoms with E-state index in [1.165, 1.54) is 19.3 Å². The number of nitrogens with zero attached hydrogens (tertiary/aromatic N) is 2. The molecule has 0 saturated carbocycles. The average molecular weight is 264 g/mol. The summed E-state index contributed by atoms with van der Waals surface area (Å²) >= 11 is 0. The van der Waals surface area contributed by atoms with Crippen molar-refractivity contribution in [2.75, 3.05) is 0 Å². The van der Waals surface area contributed by atoms with Gasteiger partial charge in [-0.1, -0.05) is 51.4 Å². The van der Waals surface area contributed by atoms with E-state index in [1.54, 1.807) is 18.6 Å². The second-order valence-electron chi connectivity index (χ2n) is 6.12. The van der Waals surface area contributed by atoms with Gasteiger partial charge in [-0.2, -0.15) is 0 Å². The highest BCUT2D eigenvalue weighted by Gasteiger charge is 2.30. The van der Waals surface area contributed by atoms with Crippen molar-refractivity contribution in [3.63, 3.8) is 0 Å². The molecule has 2 atom stereocenters. The molecule has 0 radical (unpaired) electrons. The van der Waals surface area contributed by atoms with Gasteiger partial charge in [-0.05, 0) is 12.5 Å². The molecule has 1 aromatic rings. The average Bonchev–Trinajstić information content (AvgIpc) is 2.86. The van der Waals surface area contributed by atoms with Crippen LogP contribution in [-0.2, 0) is 0 Å². The SMILES string of the molecule is C=CC(C)n1ccnc1.CC1CCCC[Si]1(C)C. The first kappa shape index (κ1) is 15.2. The van der Waals surface area contributed by atoms with Crippen LogP contribution in [-0.4, -0.2) is 17.6 Å². The van der Waals surface area contributed by atoms with Gasteiger partial charge in [0.25, 0.3) is 0 Å². The van der Waals surface area contributed by atoms with Crippen molar-refractivity contribution < 1.29 is 0 Å². The van der Waals surface area contributed by atoms with Gasteiger partial charge in [0, 0.05) is 18.4 Å². The van der Waals surface area contributed by atoms with E-state index < -0.39 is 8.07 Å². The largest absolute Gasteiger partial charge is 0.331 e. The van der Waals surface area contributed by atoms with Crippen LogP contribution >= 0.6 is 0 Å². The Kier molecular flexibility index (Phi) is 5.86. The molecule has 18 heavy (non-hydrogen) atoms. The van der Waals surface area contributed by atoms with Gasteiger partial charge in [-0.15, -0.1) is 6.58 Å². The molecule has 0 spiro atoms. The van der Waals surface area contributed by atoms with E-state index in [9.17, 15) is 0 Å². The van der Waals surface area contributed by atoms with Crippen molar-refractivity contribution in [2.45, 2.75) is 63.8 Å². The third-order valence-corrected chi connectivity index (χ3v) is 8.98. The maximum absolute atomic E-state index is 3.91. The quantitative estimate of drug-likeness (QED) is 0.549. The van der Waals surface area contributed by atoms with Crippen LogP contribution < -0.4 is 0 Å². The molecule has 1 aliphatic rings. The predicted octanol–water partition coefficient (Wildman–Crippen LogP) is 4.90. The second kappa shape index (κ2) is 6.93. The molecule has 3 heteroatoms. The van der Waals surface area contributed by atoms with Crippen molar-refractivity contribution in [3.05, 3.63) is 31.4 Å². The Bertz CT molecular complexity index is 343. The van der Waals surface area contributed by atoms with Gasteiger partial charge < -0.3 is 4.57 Å². The van der Waals surface area contributed by atoms with Crippen LogP contribution in [0.2, 0.25) is 24.7 Å². The third-order valence-electron chi connectivity index (χ3n) is 4.38. The summed E-state index contributed by atoms with van der Waals surface area (Å²) in [7, 11) is -0.694. The minimum atomic E-state index is -0.694. The smallest absolute Gasteiger partial charge is 0.0951 e. The lowest BCUT2D eigenvalue weighted by Gasteiger charge is -2.34. The Morgan fingerprint density at radius 2 is 2.17 bits per heavy atom. The number of imidazole rings is 1. The molecule has 102 valence electrons. The standard InChI is InChI=1S/C8H18Si.C7H10N2/c1-8-6-4-5-7-9(8,2)3;1-3-7(2)9-5-4-8-6-9/h8H,4-7H2,1-3H3;3-7H,1H2,2H3. The minimum absolute atomic E-state index is 0.354. The molecule has 1 saturated heterocycles. The van der Waals surface area contributed by atoms with E-state index in [2.05, 4.69) is 38.5 Å². The summed E-state index contributed by atoms with van der Waals surface area (Å²) in [4.78, 5) is 3.91. The van der Waals surface area contributed by atoms with E-state index in [-0.39, 0.29) is 0 Å². The summed E-state index contributed by atoms with van der Waals surface area (Å²) in [5.74, 6) is 0. The molecule has 1 aliphatic heterocycles. The van der Waals surface area contributed by atoms with Gasteiger partial charge >= 0.3 is 0 Å². The van der Waals surface area contributed by atoms with E-state index in [4.69, 9.17) is 0 Å². The first-order chi connectivity index (χ1) is 8.47. The van der Waals surface area contributed by atoms with Crippen LogP contribution in [0.1, 0.15) is 39.2 Å². The lowest BCUT2D eigenvalue weighted by Crippen LogP contribution is -2.33. The first-order valence-corrected chi connectivity index (χ1v) is 10.4. The van der Waals surface area contributed by atoms with Crippen LogP contribution in [0.25, 0.3) is 0 Å². The van der Waals surface area contributed by atoms with Gasteiger partial charge in [-0.25, -0.2) is 4.98 Å². The van der Waals surface area contributed by atoms with Crippen LogP contribution in [0.15, 0.2) is 31.4 Å². The number of allylic oxidation sites excluding steroid dienone is 1. The normalized spacial score (nSPS) is 23.7. The summed E-state index contributed by atoms with van der Waals surface area (Å²) in [6.07, 6.45) is 11.9. The molecule has 2 nitrogen and oxygen atoms in total. The number of aromatic nitrogens is 2. The second-order valence-corrected chi connectivity index (χ2v) is 11.6. The highest BCUT2D eigenvalue weighted by Crippen LogP contribution is 2.36. The highest BCUT2D eigenvalue weighted by atomic mass is 28.3. The van der Waals surface area contributed by atoms with E-state index in [1.807, 2.05) is 16.8 Å². The summed E-state index contributed by atoms with van der Waals surface area (Å²) in [5, 5.41) is 0. The van der Waals surface area contributed by atoms with Gasteiger partial charge in [0.15, 0.2) is 0 Å². The molecular formula is C15H28N2Si. The third kappa shape index (κ3) is 4.45. The fourth-order valence-corrected chi connectivity index (χ4v) is 4.94. The number of hydrogen-bond acceptors (Lipinski definition) is 1. The lowest BCUT2D eigenvalue weighted by atomic mass is 10.2. The predicted molar refractivity (Wildman–Crippen MR) is 82.7 cm³/mol. The fraction of sp³-hybridized carbons (Fsp3) is 0.667. The van der Waals surface area contributed by atoms with Crippen LogP contribution in [0.5, 0.6) is 0 Å². The van der Waals surface area contributed by atoms with Gasteiger partial charge in [0.1, 0.15) is 0 Å². The Morgan fingerprint density at radius 3 is 2.56 bits per heavy atom. The van der Waals surface area contributed by atoms with E-state index >= 15 is 0 Å². The molecule has 0 N–H and O–H groups in total. The minimum Gasteiger partial charge on any atom is -0.331 e. The maximum Gasteiger partial charge on any atom is 0.0951 e.